The summed E-state index contributed by atoms with van der Waals surface area (Å²) >= 11 is 0. The summed E-state index contributed by atoms with van der Waals surface area (Å²) in [6.07, 6.45) is 0.878. The number of Topliss-reactive ketones (excluding diaryl/α,β-unsaturated/α-hetero) is 1. The van der Waals surface area contributed by atoms with Crippen LogP contribution >= 0.6 is 0 Å². The molecule has 0 spiro atoms. The summed E-state index contributed by atoms with van der Waals surface area (Å²) in [4.78, 5) is 28.6. The van der Waals surface area contributed by atoms with Gasteiger partial charge < -0.3 is 15.6 Å². The number of carbonyl (C=O) groups is 2. The van der Waals surface area contributed by atoms with E-state index in [0.29, 0.717) is 12.2 Å². The Labute approximate surface area is 151 Å². The number of carbonyl (C=O) groups excluding carboxylic acids is 2. The molecule has 1 aliphatic heterocycles. The molecule has 3 N–H and O–H groups in total. The van der Waals surface area contributed by atoms with Crippen molar-refractivity contribution < 1.29 is 9.59 Å². The maximum absolute atomic E-state index is 13.0. The lowest BCUT2D eigenvalue weighted by Crippen LogP contribution is -2.39. The van der Waals surface area contributed by atoms with Crippen LogP contribution in [-0.4, -0.2) is 29.3 Å². The van der Waals surface area contributed by atoms with Gasteiger partial charge in [0.1, 0.15) is 0 Å². The predicted molar refractivity (Wildman–Crippen MR) is 103 cm³/mol. The smallest absolute Gasteiger partial charge is 0.226 e. The lowest BCUT2D eigenvalue weighted by atomic mass is 10.0. The zero-order chi connectivity index (χ0) is 18.1. The average Bonchev–Trinajstić information content (AvgIpc) is 2.94. The summed E-state index contributed by atoms with van der Waals surface area (Å²) in [6, 6.07) is 15.0. The normalized spacial score (nSPS) is 17.0. The van der Waals surface area contributed by atoms with E-state index < -0.39 is 6.04 Å². The third kappa shape index (κ3) is 3.13. The van der Waals surface area contributed by atoms with Crippen molar-refractivity contribution in [2.75, 3.05) is 11.9 Å². The van der Waals surface area contributed by atoms with Crippen LogP contribution in [0.4, 0.5) is 5.69 Å². The van der Waals surface area contributed by atoms with E-state index in [0.717, 1.165) is 34.1 Å². The molecule has 1 atom stereocenters. The van der Waals surface area contributed by atoms with Gasteiger partial charge in [-0.2, -0.15) is 0 Å². The van der Waals surface area contributed by atoms with Crippen LogP contribution in [0.5, 0.6) is 0 Å². The maximum atomic E-state index is 13.0. The molecule has 5 nitrogen and oxygen atoms in total. The third-order valence-corrected chi connectivity index (χ3v) is 4.87. The number of hydrogen-bond donors (Lipinski definition) is 3. The first-order valence-electron chi connectivity index (χ1n) is 8.85. The van der Waals surface area contributed by atoms with E-state index >= 15 is 0 Å². The molecule has 0 radical (unpaired) electrons. The molecule has 1 aliphatic rings. The number of nitrogens with one attached hydrogen (secondary N) is 3. The zero-order valence-electron chi connectivity index (χ0n) is 14.6. The van der Waals surface area contributed by atoms with Crippen LogP contribution in [0.25, 0.3) is 10.9 Å². The Bertz CT molecular complexity index is 973. The van der Waals surface area contributed by atoms with Crippen molar-refractivity contribution in [3.05, 3.63) is 65.4 Å². The van der Waals surface area contributed by atoms with E-state index in [4.69, 9.17) is 0 Å². The van der Waals surface area contributed by atoms with E-state index in [-0.39, 0.29) is 18.1 Å². The number of fused-ring (bicyclic) bond motifs is 3. The summed E-state index contributed by atoms with van der Waals surface area (Å²) in [5, 5.41) is 7.18. The number of benzene rings is 2. The molecule has 2 heterocycles. The Kier molecular flexibility index (Phi) is 4.31. The SMILES string of the molecule is Cc1ccc(NC(=O)C[C@@H]2NCCc3c([nH]c4ccccc34)C2=O)cc1. The quantitative estimate of drug-likeness (QED) is 0.681. The first kappa shape index (κ1) is 16.5. The monoisotopic (exact) mass is 347 g/mol. The van der Waals surface area contributed by atoms with Crippen LogP contribution in [0.2, 0.25) is 0 Å². The van der Waals surface area contributed by atoms with Gasteiger partial charge in [0, 0.05) is 23.0 Å². The largest absolute Gasteiger partial charge is 0.352 e. The van der Waals surface area contributed by atoms with Crippen LogP contribution in [-0.2, 0) is 11.2 Å². The third-order valence-electron chi connectivity index (χ3n) is 4.87. The fourth-order valence-electron chi connectivity index (χ4n) is 3.51. The Hall–Kier alpha value is -2.92. The van der Waals surface area contributed by atoms with Gasteiger partial charge >= 0.3 is 0 Å². The molecule has 1 aromatic heterocycles. The molecular formula is C21H21N3O2. The summed E-state index contributed by atoms with van der Waals surface area (Å²) in [6.45, 7) is 2.67. The van der Waals surface area contributed by atoms with Gasteiger partial charge in [0.15, 0.2) is 5.78 Å². The van der Waals surface area contributed by atoms with E-state index in [1.807, 2.05) is 55.5 Å². The summed E-state index contributed by atoms with van der Waals surface area (Å²) in [5.41, 5.74) is 4.52. The number of anilines is 1. The molecule has 5 heteroatoms. The molecule has 0 unspecified atom stereocenters. The van der Waals surface area contributed by atoms with Gasteiger partial charge in [-0.05, 0) is 43.7 Å². The highest BCUT2D eigenvalue weighted by Crippen LogP contribution is 2.26. The number of aromatic nitrogens is 1. The lowest BCUT2D eigenvalue weighted by molar-refractivity contribution is -0.116. The van der Waals surface area contributed by atoms with Crippen LogP contribution in [0.3, 0.4) is 0 Å². The van der Waals surface area contributed by atoms with Crippen molar-refractivity contribution in [1.29, 1.82) is 0 Å². The molecule has 2 aromatic carbocycles. The van der Waals surface area contributed by atoms with Crippen molar-refractivity contribution in [3.63, 3.8) is 0 Å². The molecule has 4 rings (SSSR count). The molecule has 0 saturated heterocycles. The number of hydrogen-bond acceptors (Lipinski definition) is 3. The van der Waals surface area contributed by atoms with Crippen molar-refractivity contribution >= 4 is 28.3 Å². The minimum Gasteiger partial charge on any atom is -0.352 e. The molecule has 0 saturated carbocycles. The van der Waals surface area contributed by atoms with Crippen LogP contribution in [0.15, 0.2) is 48.5 Å². The van der Waals surface area contributed by atoms with Crippen LogP contribution in [0, 0.1) is 6.92 Å². The number of para-hydroxylation sites is 1. The number of aromatic amines is 1. The minimum absolute atomic E-state index is 0.0484. The number of amides is 1. The average molecular weight is 347 g/mol. The van der Waals surface area contributed by atoms with Gasteiger partial charge in [0.05, 0.1) is 11.7 Å². The van der Waals surface area contributed by atoms with Gasteiger partial charge in [-0.3, -0.25) is 9.59 Å². The van der Waals surface area contributed by atoms with Gasteiger partial charge in [-0.25, -0.2) is 0 Å². The highest BCUT2D eigenvalue weighted by Gasteiger charge is 2.29. The molecule has 0 aliphatic carbocycles. The van der Waals surface area contributed by atoms with E-state index in [1.165, 1.54) is 0 Å². The number of rotatable bonds is 3. The lowest BCUT2D eigenvalue weighted by Gasteiger charge is -2.14. The molecule has 3 aromatic rings. The van der Waals surface area contributed by atoms with E-state index in [9.17, 15) is 9.59 Å². The Balaban J connectivity index is 1.53. The highest BCUT2D eigenvalue weighted by atomic mass is 16.2. The van der Waals surface area contributed by atoms with Gasteiger partial charge in [0.25, 0.3) is 0 Å². The van der Waals surface area contributed by atoms with Gasteiger partial charge in [-0.15, -0.1) is 0 Å². The van der Waals surface area contributed by atoms with Crippen molar-refractivity contribution in [1.82, 2.24) is 10.3 Å². The van der Waals surface area contributed by atoms with Crippen LogP contribution in [0.1, 0.15) is 28.0 Å². The molecular weight excluding hydrogens is 326 g/mol. The molecule has 132 valence electrons. The summed E-state index contributed by atoms with van der Waals surface area (Å²) in [5.74, 6) is -0.216. The Morgan fingerprint density at radius 1 is 1.15 bits per heavy atom. The maximum Gasteiger partial charge on any atom is 0.226 e. The molecule has 0 fully saturated rings. The standard InChI is InChI=1S/C21H21N3O2/c1-13-6-8-14(9-7-13)23-19(25)12-18-21(26)20-16(10-11-22-18)15-4-2-3-5-17(15)24-20/h2-9,18,22,24H,10-12H2,1H3,(H,23,25)/t18-/m0/s1. The molecule has 1 amide bonds. The second-order valence-corrected chi connectivity index (χ2v) is 6.76. The zero-order valence-corrected chi connectivity index (χ0v) is 14.6. The first-order valence-corrected chi connectivity index (χ1v) is 8.85. The second-order valence-electron chi connectivity index (χ2n) is 6.76. The van der Waals surface area contributed by atoms with Crippen LogP contribution < -0.4 is 10.6 Å². The molecule has 26 heavy (non-hydrogen) atoms. The fourth-order valence-corrected chi connectivity index (χ4v) is 3.51. The molecule has 0 bridgehead atoms. The Morgan fingerprint density at radius 3 is 2.73 bits per heavy atom. The number of H-pyrrole nitrogens is 1. The van der Waals surface area contributed by atoms with Crippen molar-refractivity contribution in [2.45, 2.75) is 25.8 Å². The number of aryl methyl sites for hydroxylation is 1. The topological polar surface area (TPSA) is 74.0 Å². The highest BCUT2D eigenvalue weighted by molar-refractivity contribution is 6.07. The second kappa shape index (κ2) is 6.77. The summed E-state index contributed by atoms with van der Waals surface area (Å²) in [7, 11) is 0. The van der Waals surface area contributed by atoms with E-state index in [2.05, 4.69) is 15.6 Å². The minimum atomic E-state index is -0.519. The van der Waals surface area contributed by atoms with Crippen molar-refractivity contribution in [3.8, 4) is 0 Å². The van der Waals surface area contributed by atoms with Gasteiger partial charge in [0.2, 0.25) is 5.91 Å². The van der Waals surface area contributed by atoms with Crippen molar-refractivity contribution in [2.24, 2.45) is 0 Å². The number of ketones is 1. The Morgan fingerprint density at radius 2 is 1.92 bits per heavy atom. The first-order chi connectivity index (χ1) is 12.6. The van der Waals surface area contributed by atoms with E-state index in [1.54, 1.807) is 0 Å². The predicted octanol–water partition coefficient (Wildman–Crippen LogP) is 3.20. The van der Waals surface area contributed by atoms with Gasteiger partial charge in [-0.1, -0.05) is 35.9 Å². The summed E-state index contributed by atoms with van der Waals surface area (Å²) < 4.78 is 0. The fraction of sp³-hybridized carbons (Fsp3) is 0.238.